The first kappa shape index (κ1) is 17.0. The van der Waals surface area contributed by atoms with Crippen LogP contribution in [0.3, 0.4) is 0 Å². The van der Waals surface area contributed by atoms with Crippen molar-refractivity contribution in [3.63, 3.8) is 0 Å². The number of carbonyl (C=O) groups excluding carboxylic acids is 2. The lowest BCUT2D eigenvalue weighted by molar-refractivity contribution is -0.132. The van der Waals surface area contributed by atoms with Gasteiger partial charge < -0.3 is 4.74 Å². The van der Waals surface area contributed by atoms with Crippen molar-refractivity contribution in [1.29, 1.82) is 0 Å². The molecule has 5 nitrogen and oxygen atoms in total. The van der Waals surface area contributed by atoms with Crippen LogP contribution < -0.4 is 15.6 Å². The van der Waals surface area contributed by atoms with Gasteiger partial charge in [0.2, 0.25) is 5.91 Å². The third kappa shape index (κ3) is 6.79. The summed E-state index contributed by atoms with van der Waals surface area (Å²) >= 11 is 0. The van der Waals surface area contributed by atoms with Crippen molar-refractivity contribution in [1.82, 2.24) is 10.9 Å². The number of benzene rings is 1. The molecule has 0 saturated heterocycles. The van der Waals surface area contributed by atoms with Crippen molar-refractivity contribution in [2.45, 2.75) is 52.6 Å². The minimum Gasteiger partial charge on any atom is -0.481 e. The third-order valence-corrected chi connectivity index (χ3v) is 3.00. The number of aryl methyl sites for hydroxylation is 1. The molecule has 0 heterocycles. The van der Waals surface area contributed by atoms with Gasteiger partial charge in [-0.25, -0.2) is 0 Å². The highest BCUT2D eigenvalue weighted by Crippen LogP contribution is 2.14. The molecule has 0 radical (unpaired) electrons. The fraction of sp³-hybridized carbons (Fsp3) is 0.500. The van der Waals surface area contributed by atoms with E-state index in [0.29, 0.717) is 12.2 Å². The van der Waals surface area contributed by atoms with Crippen LogP contribution in [0.4, 0.5) is 0 Å². The number of hydrazine groups is 1. The number of rotatable bonds is 7. The van der Waals surface area contributed by atoms with Gasteiger partial charge >= 0.3 is 0 Å². The molecule has 2 amide bonds. The Kier molecular flexibility index (Phi) is 7.29. The zero-order valence-corrected chi connectivity index (χ0v) is 12.9. The molecule has 1 aromatic rings. The number of hydrogen-bond donors (Lipinski definition) is 2. The van der Waals surface area contributed by atoms with Gasteiger partial charge in [0.25, 0.3) is 5.91 Å². The molecule has 0 aliphatic rings. The van der Waals surface area contributed by atoms with Gasteiger partial charge in [0.05, 0.1) is 0 Å². The van der Waals surface area contributed by atoms with Gasteiger partial charge in [0.1, 0.15) is 5.75 Å². The van der Waals surface area contributed by atoms with Gasteiger partial charge in [-0.2, -0.15) is 0 Å². The van der Waals surface area contributed by atoms with E-state index in [9.17, 15) is 9.59 Å². The maximum absolute atomic E-state index is 11.8. The van der Waals surface area contributed by atoms with E-state index in [0.717, 1.165) is 24.8 Å². The number of ether oxygens (including phenoxy) is 1. The summed E-state index contributed by atoms with van der Waals surface area (Å²) in [4.78, 5) is 23.3. The molecule has 0 aliphatic carbocycles. The summed E-state index contributed by atoms with van der Waals surface area (Å²) in [5.41, 5.74) is 5.84. The van der Waals surface area contributed by atoms with Crippen molar-refractivity contribution < 1.29 is 14.3 Å². The molecule has 5 heteroatoms. The molecule has 0 aromatic heterocycles. The highest BCUT2D eigenvalue weighted by atomic mass is 16.5. The Morgan fingerprint density at radius 3 is 2.67 bits per heavy atom. The quantitative estimate of drug-likeness (QED) is 0.599. The van der Waals surface area contributed by atoms with Crippen LogP contribution in [0.25, 0.3) is 0 Å². The highest BCUT2D eigenvalue weighted by Gasteiger charge is 2.15. The summed E-state index contributed by atoms with van der Waals surface area (Å²) in [5.74, 6) is 0.0758. The lowest BCUT2D eigenvalue weighted by Crippen LogP contribution is -2.47. The van der Waals surface area contributed by atoms with Gasteiger partial charge in [0, 0.05) is 6.42 Å². The minimum absolute atomic E-state index is 0.181. The summed E-state index contributed by atoms with van der Waals surface area (Å²) < 4.78 is 5.52. The number of hydrogen-bond acceptors (Lipinski definition) is 3. The fourth-order valence-corrected chi connectivity index (χ4v) is 1.78. The molecule has 0 bridgehead atoms. The van der Waals surface area contributed by atoms with Crippen molar-refractivity contribution in [3.05, 3.63) is 29.8 Å². The van der Waals surface area contributed by atoms with Crippen LogP contribution in [0.2, 0.25) is 0 Å². The number of nitrogens with one attached hydrogen (secondary N) is 2. The predicted octanol–water partition coefficient (Wildman–Crippen LogP) is 2.49. The van der Waals surface area contributed by atoms with Crippen molar-refractivity contribution in [3.8, 4) is 5.75 Å². The van der Waals surface area contributed by atoms with Crippen LogP contribution in [0, 0.1) is 6.92 Å². The first-order chi connectivity index (χ1) is 10.0. The molecule has 1 rings (SSSR count). The van der Waals surface area contributed by atoms with Gasteiger partial charge in [-0.15, -0.1) is 0 Å². The smallest absolute Gasteiger partial charge is 0.279 e. The minimum atomic E-state index is -0.678. The average molecular weight is 292 g/mol. The number of amides is 2. The maximum Gasteiger partial charge on any atom is 0.279 e. The van der Waals surface area contributed by atoms with Gasteiger partial charge in [-0.05, 0) is 38.0 Å². The van der Waals surface area contributed by atoms with Crippen molar-refractivity contribution in [2.24, 2.45) is 0 Å². The van der Waals surface area contributed by atoms with E-state index in [-0.39, 0.29) is 11.8 Å². The monoisotopic (exact) mass is 292 g/mol. The fourth-order valence-electron chi connectivity index (χ4n) is 1.78. The second-order valence-electron chi connectivity index (χ2n) is 5.07. The molecule has 2 N–H and O–H groups in total. The first-order valence-electron chi connectivity index (χ1n) is 7.35. The maximum atomic E-state index is 11.8. The lowest BCUT2D eigenvalue weighted by Gasteiger charge is -2.15. The second-order valence-corrected chi connectivity index (χ2v) is 5.07. The first-order valence-corrected chi connectivity index (χ1v) is 7.35. The van der Waals surface area contributed by atoms with Crippen LogP contribution in [0.5, 0.6) is 5.75 Å². The van der Waals surface area contributed by atoms with E-state index < -0.39 is 6.10 Å². The van der Waals surface area contributed by atoms with Crippen molar-refractivity contribution in [2.75, 3.05) is 0 Å². The molecule has 0 saturated carbocycles. The Hall–Kier alpha value is -2.04. The summed E-state index contributed by atoms with van der Waals surface area (Å²) in [6.45, 7) is 5.67. The SMILES string of the molecule is CCCCCC(=O)NNC(=O)C(C)Oc1cccc(C)c1. The van der Waals surface area contributed by atoms with E-state index in [1.54, 1.807) is 13.0 Å². The normalized spacial score (nSPS) is 11.6. The Morgan fingerprint density at radius 2 is 2.00 bits per heavy atom. The average Bonchev–Trinajstić information content (AvgIpc) is 2.45. The largest absolute Gasteiger partial charge is 0.481 e. The van der Waals surface area contributed by atoms with Gasteiger partial charge in [0.15, 0.2) is 6.10 Å². The summed E-state index contributed by atoms with van der Waals surface area (Å²) in [7, 11) is 0. The lowest BCUT2D eigenvalue weighted by atomic mass is 10.2. The standard InChI is InChI=1S/C16H24N2O3/c1-4-5-6-10-15(19)17-18-16(20)13(3)21-14-9-7-8-12(2)11-14/h7-9,11,13H,4-6,10H2,1-3H3,(H,17,19)(H,18,20). The van der Waals surface area contributed by atoms with Crippen LogP contribution in [0.15, 0.2) is 24.3 Å². The molecule has 0 aliphatic heterocycles. The van der Waals surface area contributed by atoms with Gasteiger partial charge in [-0.3, -0.25) is 20.4 Å². The van der Waals surface area contributed by atoms with Gasteiger partial charge in [-0.1, -0.05) is 31.9 Å². The van der Waals surface area contributed by atoms with Crippen LogP contribution in [-0.2, 0) is 9.59 Å². The van der Waals surface area contributed by atoms with E-state index in [1.807, 2.05) is 25.1 Å². The predicted molar refractivity (Wildman–Crippen MR) is 81.7 cm³/mol. The molecule has 1 unspecified atom stereocenters. The van der Waals surface area contributed by atoms with E-state index in [4.69, 9.17) is 4.74 Å². The van der Waals surface area contributed by atoms with Crippen molar-refractivity contribution >= 4 is 11.8 Å². The number of unbranched alkanes of at least 4 members (excludes halogenated alkanes) is 2. The van der Waals surface area contributed by atoms with E-state index in [2.05, 4.69) is 17.8 Å². The van der Waals surface area contributed by atoms with Crippen LogP contribution >= 0.6 is 0 Å². The van der Waals surface area contributed by atoms with E-state index in [1.165, 1.54) is 0 Å². The molecule has 0 spiro atoms. The zero-order chi connectivity index (χ0) is 15.7. The molecule has 21 heavy (non-hydrogen) atoms. The molecular formula is C16H24N2O3. The summed E-state index contributed by atoms with van der Waals surface area (Å²) in [6.07, 6.45) is 2.63. The Bertz CT molecular complexity index is 474. The molecule has 116 valence electrons. The topological polar surface area (TPSA) is 67.4 Å². The zero-order valence-electron chi connectivity index (χ0n) is 12.9. The summed E-state index contributed by atoms with van der Waals surface area (Å²) in [6, 6.07) is 7.46. The number of carbonyl (C=O) groups is 2. The highest BCUT2D eigenvalue weighted by molar-refractivity contribution is 5.84. The Balaban J connectivity index is 2.32. The van der Waals surface area contributed by atoms with Crippen LogP contribution in [0.1, 0.15) is 45.1 Å². The second kappa shape index (κ2) is 9.00. The molecule has 1 aromatic carbocycles. The summed E-state index contributed by atoms with van der Waals surface area (Å²) in [5, 5.41) is 0. The Morgan fingerprint density at radius 1 is 1.24 bits per heavy atom. The van der Waals surface area contributed by atoms with Crippen LogP contribution in [-0.4, -0.2) is 17.9 Å². The van der Waals surface area contributed by atoms with E-state index >= 15 is 0 Å². The molecular weight excluding hydrogens is 268 g/mol. The molecule has 1 atom stereocenters. The Labute approximate surface area is 126 Å². The third-order valence-electron chi connectivity index (χ3n) is 3.00. The molecule has 0 fully saturated rings.